The second-order valence-electron chi connectivity index (χ2n) is 3.58. The molecule has 0 unspecified atom stereocenters. The molecule has 15 heavy (non-hydrogen) atoms. The van der Waals surface area contributed by atoms with Gasteiger partial charge in [0.05, 0.1) is 6.61 Å². The van der Waals surface area contributed by atoms with Gasteiger partial charge in [-0.1, -0.05) is 31.2 Å². The lowest BCUT2D eigenvalue weighted by Gasteiger charge is -2.08. The summed E-state index contributed by atoms with van der Waals surface area (Å²) in [6.07, 6.45) is 1.01. The molecule has 2 N–H and O–H groups in total. The largest absolute Gasteiger partial charge is 0.494 e. The Morgan fingerprint density at radius 2 is 2.00 bits per heavy atom. The SMILES string of the molecule is CCCOc1cc(N)c2ccccc2c1. The maximum atomic E-state index is 5.95. The summed E-state index contributed by atoms with van der Waals surface area (Å²) in [6.45, 7) is 2.82. The maximum Gasteiger partial charge on any atom is 0.121 e. The Morgan fingerprint density at radius 3 is 2.80 bits per heavy atom. The summed E-state index contributed by atoms with van der Waals surface area (Å²) in [5.41, 5.74) is 6.73. The van der Waals surface area contributed by atoms with Crippen LogP contribution in [-0.4, -0.2) is 6.61 Å². The fourth-order valence-corrected chi connectivity index (χ4v) is 1.61. The molecule has 78 valence electrons. The number of benzene rings is 2. The van der Waals surface area contributed by atoms with Gasteiger partial charge in [0.1, 0.15) is 5.75 Å². The predicted octanol–water partition coefficient (Wildman–Crippen LogP) is 3.21. The Bertz CT molecular complexity index is 465. The van der Waals surface area contributed by atoms with Gasteiger partial charge < -0.3 is 10.5 Å². The number of rotatable bonds is 3. The van der Waals surface area contributed by atoms with Gasteiger partial charge in [-0.2, -0.15) is 0 Å². The fraction of sp³-hybridized carbons (Fsp3) is 0.231. The van der Waals surface area contributed by atoms with Gasteiger partial charge in [0, 0.05) is 17.1 Å². The number of nitrogen functional groups attached to an aromatic ring is 1. The quantitative estimate of drug-likeness (QED) is 0.774. The van der Waals surface area contributed by atoms with E-state index in [-0.39, 0.29) is 0 Å². The standard InChI is InChI=1S/C13H15NO/c1-2-7-15-11-8-10-5-3-4-6-12(10)13(14)9-11/h3-6,8-9H,2,7,14H2,1H3. The van der Waals surface area contributed by atoms with Crippen LogP contribution in [0.15, 0.2) is 36.4 Å². The van der Waals surface area contributed by atoms with Crippen LogP contribution in [0.25, 0.3) is 10.8 Å². The minimum atomic E-state index is 0.734. The molecule has 0 heterocycles. The van der Waals surface area contributed by atoms with Crippen molar-refractivity contribution in [1.29, 1.82) is 0 Å². The first-order chi connectivity index (χ1) is 7.31. The third-order valence-corrected chi connectivity index (χ3v) is 2.34. The van der Waals surface area contributed by atoms with E-state index in [0.29, 0.717) is 0 Å². The molecule has 2 aromatic rings. The Balaban J connectivity index is 2.43. The van der Waals surface area contributed by atoms with Gasteiger partial charge in [0.2, 0.25) is 0 Å². The van der Waals surface area contributed by atoms with Crippen molar-refractivity contribution in [3.05, 3.63) is 36.4 Å². The summed E-state index contributed by atoms with van der Waals surface area (Å²) in [6, 6.07) is 12.0. The lowest BCUT2D eigenvalue weighted by atomic mass is 10.1. The Hall–Kier alpha value is -1.70. The van der Waals surface area contributed by atoms with Crippen LogP contribution < -0.4 is 10.5 Å². The Labute approximate surface area is 89.7 Å². The highest BCUT2D eigenvalue weighted by Crippen LogP contribution is 2.27. The van der Waals surface area contributed by atoms with Crippen LogP contribution in [-0.2, 0) is 0 Å². The third-order valence-electron chi connectivity index (χ3n) is 2.34. The van der Waals surface area contributed by atoms with Gasteiger partial charge in [-0.15, -0.1) is 0 Å². The van der Waals surface area contributed by atoms with Crippen LogP contribution in [0.3, 0.4) is 0 Å². The normalized spacial score (nSPS) is 10.5. The van der Waals surface area contributed by atoms with Gasteiger partial charge in [-0.3, -0.25) is 0 Å². The van der Waals surface area contributed by atoms with E-state index in [1.54, 1.807) is 0 Å². The molecule has 0 aromatic heterocycles. The highest BCUT2D eigenvalue weighted by atomic mass is 16.5. The van der Waals surface area contributed by atoms with Gasteiger partial charge in [-0.25, -0.2) is 0 Å². The zero-order valence-electron chi connectivity index (χ0n) is 8.86. The molecule has 0 aliphatic rings. The first kappa shape index (κ1) is 9.84. The van der Waals surface area contributed by atoms with Crippen molar-refractivity contribution in [2.75, 3.05) is 12.3 Å². The topological polar surface area (TPSA) is 35.2 Å². The second-order valence-corrected chi connectivity index (χ2v) is 3.58. The number of hydrogen-bond donors (Lipinski definition) is 1. The average Bonchev–Trinajstić information content (AvgIpc) is 2.26. The summed E-state index contributed by atoms with van der Waals surface area (Å²) in [4.78, 5) is 0. The molecule has 0 fully saturated rings. The maximum absolute atomic E-state index is 5.95. The molecular formula is C13H15NO. The minimum absolute atomic E-state index is 0.734. The van der Waals surface area contributed by atoms with Crippen LogP contribution in [0.4, 0.5) is 5.69 Å². The lowest BCUT2D eigenvalue weighted by molar-refractivity contribution is 0.318. The summed E-state index contributed by atoms with van der Waals surface area (Å²) in [5.74, 6) is 0.855. The minimum Gasteiger partial charge on any atom is -0.494 e. The fourth-order valence-electron chi connectivity index (χ4n) is 1.61. The molecule has 2 aromatic carbocycles. The second kappa shape index (κ2) is 4.22. The first-order valence-corrected chi connectivity index (χ1v) is 5.22. The summed E-state index contributed by atoms with van der Waals surface area (Å²) in [5, 5.41) is 2.21. The third kappa shape index (κ3) is 2.04. The number of ether oxygens (including phenoxy) is 1. The van der Waals surface area contributed by atoms with Gasteiger partial charge in [0.25, 0.3) is 0 Å². The molecule has 0 bridgehead atoms. The molecule has 0 saturated heterocycles. The smallest absolute Gasteiger partial charge is 0.121 e. The van der Waals surface area contributed by atoms with E-state index in [4.69, 9.17) is 10.5 Å². The highest BCUT2D eigenvalue weighted by molar-refractivity contribution is 5.94. The van der Waals surface area contributed by atoms with E-state index in [2.05, 4.69) is 6.92 Å². The molecule has 0 amide bonds. The van der Waals surface area contributed by atoms with Crippen molar-refractivity contribution >= 4 is 16.5 Å². The molecule has 0 atom stereocenters. The zero-order chi connectivity index (χ0) is 10.7. The van der Waals surface area contributed by atoms with Gasteiger partial charge in [0.15, 0.2) is 0 Å². The Kier molecular flexibility index (Phi) is 2.77. The van der Waals surface area contributed by atoms with E-state index in [0.717, 1.165) is 35.2 Å². The monoisotopic (exact) mass is 201 g/mol. The number of hydrogen-bond acceptors (Lipinski definition) is 2. The molecule has 0 aliphatic carbocycles. The molecule has 0 spiro atoms. The van der Waals surface area contributed by atoms with Gasteiger partial charge in [-0.05, 0) is 17.9 Å². The van der Waals surface area contributed by atoms with Crippen molar-refractivity contribution in [1.82, 2.24) is 0 Å². The Morgan fingerprint density at radius 1 is 1.20 bits per heavy atom. The van der Waals surface area contributed by atoms with E-state index in [1.807, 2.05) is 36.4 Å². The summed E-state index contributed by atoms with van der Waals surface area (Å²) < 4.78 is 5.56. The van der Waals surface area contributed by atoms with E-state index in [1.165, 1.54) is 0 Å². The number of fused-ring (bicyclic) bond motifs is 1. The van der Waals surface area contributed by atoms with Crippen molar-refractivity contribution < 1.29 is 4.74 Å². The highest BCUT2D eigenvalue weighted by Gasteiger charge is 2.01. The molecule has 0 radical (unpaired) electrons. The van der Waals surface area contributed by atoms with Crippen LogP contribution in [0.2, 0.25) is 0 Å². The first-order valence-electron chi connectivity index (χ1n) is 5.22. The molecule has 0 aliphatic heterocycles. The number of anilines is 1. The lowest BCUT2D eigenvalue weighted by Crippen LogP contribution is -1.96. The molecule has 2 nitrogen and oxygen atoms in total. The van der Waals surface area contributed by atoms with E-state index < -0.39 is 0 Å². The van der Waals surface area contributed by atoms with Crippen LogP contribution in [0, 0.1) is 0 Å². The summed E-state index contributed by atoms with van der Waals surface area (Å²) >= 11 is 0. The van der Waals surface area contributed by atoms with Crippen LogP contribution in [0.5, 0.6) is 5.75 Å². The average molecular weight is 201 g/mol. The van der Waals surface area contributed by atoms with Crippen molar-refractivity contribution in [3.63, 3.8) is 0 Å². The predicted molar refractivity (Wildman–Crippen MR) is 64.1 cm³/mol. The van der Waals surface area contributed by atoms with Crippen molar-refractivity contribution in [2.45, 2.75) is 13.3 Å². The van der Waals surface area contributed by atoms with Crippen molar-refractivity contribution in [3.8, 4) is 5.75 Å². The van der Waals surface area contributed by atoms with Crippen LogP contribution >= 0.6 is 0 Å². The molecular weight excluding hydrogens is 186 g/mol. The summed E-state index contributed by atoms with van der Waals surface area (Å²) in [7, 11) is 0. The molecule has 0 saturated carbocycles. The van der Waals surface area contributed by atoms with E-state index in [9.17, 15) is 0 Å². The van der Waals surface area contributed by atoms with Crippen LogP contribution in [0.1, 0.15) is 13.3 Å². The zero-order valence-corrected chi connectivity index (χ0v) is 8.86. The van der Waals surface area contributed by atoms with Crippen molar-refractivity contribution in [2.24, 2.45) is 0 Å². The number of nitrogens with two attached hydrogens (primary N) is 1. The molecule has 2 heteroatoms. The van der Waals surface area contributed by atoms with Gasteiger partial charge >= 0.3 is 0 Å². The molecule has 2 rings (SSSR count). The van der Waals surface area contributed by atoms with E-state index >= 15 is 0 Å².